The Bertz CT molecular complexity index is 760. The molecule has 2 aromatic carbocycles. The van der Waals surface area contributed by atoms with Gasteiger partial charge in [-0.2, -0.15) is 0 Å². The third kappa shape index (κ3) is 3.74. The molecule has 0 saturated heterocycles. The van der Waals surface area contributed by atoms with E-state index in [1.807, 2.05) is 6.07 Å². The second-order valence-corrected chi connectivity index (χ2v) is 6.39. The zero-order valence-corrected chi connectivity index (χ0v) is 13.1. The first-order chi connectivity index (χ1) is 11.1. The Morgan fingerprint density at radius 1 is 1.30 bits per heavy atom. The summed E-state index contributed by atoms with van der Waals surface area (Å²) < 4.78 is 13.8. The normalized spacial score (nSPS) is 17.0. The Morgan fingerprint density at radius 3 is 2.96 bits per heavy atom. The fourth-order valence-corrected chi connectivity index (χ4v) is 3.70. The molecule has 0 aromatic heterocycles. The van der Waals surface area contributed by atoms with Crippen LogP contribution in [0, 0.1) is 5.82 Å². The van der Waals surface area contributed by atoms with E-state index in [0.717, 1.165) is 23.3 Å². The summed E-state index contributed by atoms with van der Waals surface area (Å²) in [6.45, 7) is 0. The van der Waals surface area contributed by atoms with Crippen molar-refractivity contribution in [2.45, 2.75) is 17.4 Å². The number of phenols is 1. The molecular weight excluding hydrogens is 313 g/mol. The van der Waals surface area contributed by atoms with Crippen LogP contribution in [0.1, 0.15) is 23.6 Å². The molecule has 1 unspecified atom stereocenters. The minimum Gasteiger partial charge on any atom is -0.508 e. The summed E-state index contributed by atoms with van der Waals surface area (Å²) in [7, 11) is 0. The predicted molar refractivity (Wildman–Crippen MR) is 89.8 cm³/mol. The summed E-state index contributed by atoms with van der Waals surface area (Å²) in [6.07, 6.45) is 3.83. The topological polar surface area (TPSA) is 49.3 Å². The molecular formula is C18H16FNO2S. The van der Waals surface area contributed by atoms with E-state index in [1.54, 1.807) is 36.4 Å². The van der Waals surface area contributed by atoms with Crippen LogP contribution in [0.25, 0.3) is 6.08 Å². The van der Waals surface area contributed by atoms with Crippen LogP contribution in [-0.2, 0) is 4.79 Å². The van der Waals surface area contributed by atoms with Crippen LogP contribution in [-0.4, -0.2) is 16.8 Å². The summed E-state index contributed by atoms with van der Waals surface area (Å²) in [5, 5.41) is 12.3. The van der Waals surface area contributed by atoms with Gasteiger partial charge in [0.2, 0.25) is 5.91 Å². The number of nitrogens with one attached hydrogen (secondary N) is 1. The second-order valence-electron chi connectivity index (χ2n) is 5.28. The molecule has 5 heteroatoms. The van der Waals surface area contributed by atoms with Crippen molar-refractivity contribution in [2.75, 3.05) is 5.75 Å². The third-order valence-electron chi connectivity index (χ3n) is 3.64. The number of rotatable bonds is 3. The van der Waals surface area contributed by atoms with E-state index < -0.39 is 0 Å². The molecule has 0 radical (unpaired) electrons. The first kappa shape index (κ1) is 15.6. The molecule has 2 aromatic rings. The summed E-state index contributed by atoms with van der Waals surface area (Å²) in [5.74, 6) is 0.457. The van der Waals surface area contributed by atoms with Crippen LogP contribution in [0.5, 0.6) is 5.75 Å². The van der Waals surface area contributed by atoms with E-state index in [4.69, 9.17) is 0 Å². The minimum atomic E-state index is -0.236. The van der Waals surface area contributed by atoms with Gasteiger partial charge in [-0.15, -0.1) is 11.8 Å². The van der Waals surface area contributed by atoms with Gasteiger partial charge in [0.05, 0.1) is 6.04 Å². The van der Waals surface area contributed by atoms with E-state index in [-0.39, 0.29) is 23.5 Å². The summed E-state index contributed by atoms with van der Waals surface area (Å²) in [6, 6.07) is 11.4. The smallest absolute Gasteiger partial charge is 0.244 e. The highest BCUT2D eigenvalue weighted by Gasteiger charge is 2.23. The van der Waals surface area contributed by atoms with E-state index >= 15 is 0 Å². The van der Waals surface area contributed by atoms with Crippen LogP contribution >= 0.6 is 11.8 Å². The Morgan fingerprint density at radius 2 is 2.13 bits per heavy atom. The maximum Gasteiger partial charge on any atom is 0.244 e. The highest BCUT2D eigenvalue weighted by Crippen LogP contribution is 2.37. The van der Waals surface area contributed by atoms with Gasteiger partial charge in [0.1, 0.15) is 11.6 Å². The van der Waals surface area contributed by atoms with Gasteiger partial charge < -0.3 is 10.4 Å². The fourth-order valence-electron chi connectivity index (χ4n) is 2.56. The Hall–Kier alpha value is -2.27. The van der Waals surface area contributed by atoms with Gasteiger partial charge in [0.25, 0.3) is 0 Å². The first-order valence-corrected chi connectivity index (χ1v) is 8.31. The number of amides is 1. The second kappa shape index (κ2) is 6.87. The van der Waals surface area contributed by atoms with Crippen LogP contribution in [0.4, 0.5) is 4.39 Å². The average molecular weight is 329 g/mol. The van der Waals surface area contributed by atoms with Crippen molar-refractivity contribution in [3.63, 3.8) is 0 Å². The number of halogens is 1. The number of thioether (sulfide) groups is 1. The van der Waals surface area contributed by atoms with Crippen molar-refractivity contribution in [2.24, 2.45) is 0 Å². The largest absolute Gasteiger partial charge is 0.508 e. The number of aromatic hydroxyl groups is 1. The molecule has 1 atom stereocenters. The van der Waals surface area contributed by atoms with Crippen molar-refractivity contribution in [1.82, 2.24) is 5.32 Å². The summed E-state index contributed by atoms with van der Waals surface area (Å²) >= 11 is 1.49. The van der Waals surface area contributed by atoms with Gasteiger partial charge in [-0.1, -0.05) is 24.3 Å². The quantitative estimate of drug-likeness (QED) is 0.840. The molecule has 1 aliphatic rings. The molecule has 3 nitrogen and oxygen atoms in total. The van der Waals surface area contributed by atoms with E-state index in [1.165, 1.54) is 23.9 Å². The van der Waals surface area contributed by atoms with Gasteiger partial charge in [-0.25, -0.2) is 4.39 Å². The number of carbonyl (C=O) groups is 1. The average Bonchev–Trinajstić information content (AvgIpc) is 2.54. The molecule has 1 aliphatic heterocycles. The molecule has 0 saturated carbocycles. The molecule has 3 rings (SSSR count). The van der Waals surface area contributed by atoms with Gasteiger partial charge >= 0.3 is 0 Å². The van der Waals surface area contributed by atoms with Crippen LogP contribution < -0.4 is 5.32 Å². The van der Waals surface area contributed by atoms with Gasteiger partial charge in [-0.05, 0) is 41.8 Å². The number of hydrogen-bond acceptors (Lipinski definition) is 3. The Balaban J connectivity index is 1.71. The van der Waals surface area contributed by atoms with E-state index in [2.05, 4.69) is 5.32 Å². The highest BCUT2D eigenvalue weighted by molar-refractivity contribution is 7.99. The molecule has 0 spiro atoms. The number of benzene rings is 2. The van der Waals surface area contributed by atoms with Crippen molar-refractivity contribution in [1.29, 1.82) is 0 Å². The Kier molecular flexibility index (Phi) is 4.67. The lowest BCUT2D eigenvalue weighted by atomic mass is 10.0. The van der Waals surface area contributed by atoms with Crippen molar-refractivity contribution < 1.29 is 14.3 Å². The van der Waals surface area contributed by atoms with Crippen LogP contribution in [0.2, 0.25) is 0 Å². The predicted octanol–water partition coefficient (Wildman–Crippen LogP) is 3.90. The molecule has 0 fully saturated rings. The zero-order chi connectivity index (χ0) is 16.2. The molecule has 1 heterocycles. The van der Waals surface area contributed by atoms with Crippen molar-refractivity contribution in [3.05, 3.63) is 65.5 Å². The van der Waals surface area contributed by atoms with Crippen molar-refractivity contribution >= 4 is 23.7 Å². The standard InChI is InChI=1S/C18H16FNO2S/c19-15-6-2-5-14-16(9-10-23-18(14)15)20-17(22)8-7-12-3-1-4-13(21)11-12/h1-8,11,16,21H,9-10H2,(H,20,22)/b8-7+. The van der Waals surface area contributed by atoms with Gasteiger partial charge in [-0.3, -0.25) is 4.79 Å². The van der Waals surface area contributed by atoms with E-state index in [0.29, 0.717) is 4.90 Å². The lowest BCUT2D eigenvalue weighted by molar-refractivity contribution is -0.117. The lowest BCUT2D eigenvalue weighted by Gasteiger charge is -2.25. The summed E-state index contributed by atoms with van der Waals surface area (Å²) in [5.41, 5.74) is 1.58. The van der Waals surface area contributed by atoms with Crippen LogP contribution in [0.15, 0.2) is 53.4 Å². The minimum absolute atomic E-state index is 0.154. The SMILES string of the molecule is O=C(/C=C/c1cccc(O)c1)NC1CCSc2c(F)cccc21. The zero-order valence-electron chi connectivity index (χ0n) is 12.3. The monoisotopic (exact) mass is 329 g/mol. The highest BCUT2D eigenvalue weighted by atomic mass is 32.2. The van der Waals surface area contributed by atoms with E-state index in [9.17, 15) is 14.3 Å². The maximum atomic E-state index is 13.8. The van der Waals surface area contributed by atoms with Crippen molar-refractivity contribution in [3.8, 4) is 5.75 Å². The molecule has 2 N–H and O–H groups in total. The lowest BCUT2D eigenvalue weighted by Crippen LogP contribution is -2.29. The summed E-state index contributed by atoms with van der Waals surface area (Å²) in [4.78, 5) is 12.7. The Labute approximate surface area is 138 Å². The number of carbonyl (C=O) groups excluding carboxylic acids is 1. The third-order valence-corrected chi connectivity index (χ3v) is 4.80. The van der Waals surface area contributed by atoms with Gasteiger partial charge in [0, 0.05) is 16.7 Å². The van der Waals surface area contributed by atoms with Gasteiger partial charge in [0.15, 0.2) is 0 Å². The molecule has 0 bridgehead atoms. The molecule has 118 valence electrons. The molecule has 0 aliphatic carbocycles. The number of phenolic OH excluding ortho intramolecular Hbond substituents is 1. The van der Waals surface area contributed by atoms with Crippen LogP contribution in [0.3, 0.4) is 0 Å². The molecule has 1 amide bonds. The number of hydrogen-bond donors (Lipinski definition) is 2. The fraction of sp³-hybridized carbons (Fsp3) is 0.167. The first-order valence-electron chi connectivity index (χ1n) is 7.32. The number of fused-ring (bicyclic) bond motifs is 1. The maximum absolute atomic E-state index is 13.8. The molecule has 23 heavy (non-hydrogen) atoms.